The zero-order chi connectivity index (χ0) is 11.4. The number of anilines is 1. The third kappa shape index (κ3) is 2.92. The first-order valence-electron chi connectivity index (χ1n) is 6.07. The van der Waals surface area contributed by atoms with Gasteiger partial charge in [0.2, 0.25) is 0 Å². The molecule has 88 valence electrons. The Labute approximate surface area is 97.1 Å². The van der Waals surface area contributed by atoms with Crippen molar-refractivity contribution in [2.45, 2.75) is 38.8 Å². The second-order valence-corrected chi connectivity index (χ2v) is 4.40. The van der Waals surface area contributed by atoms with Gasteiger partial charge in [0.15, 0.2) is 5.82 Å². The van der Waals surface area contributed by atoms with E-state index in [2.05, 4.69) is 46.5 Å². The SMILES string of the molecule is CCCNCc1ccc(N(C)C2CC2)nn1. The monoisotopic (exact) mass is 220 g/mol. The van der Waals surface area contributed by atoms with Crippen LogP contribution < -0.4 is 10.2 Å². The zero-order valence-corrected chi connectivity index (χ0v) is 10.1. The quantitative estimate of drug-likeness (QED) is 0.739. The molecule has 1 aliphatic rings. The number of nitrogens with one attached hydrogen (secondary N) is 1. The number of aromatic nitrogens is 2. The molecule has 0 spiro atoms. The van der Waals surface area contributed by atoms with Crippen LogP contribution in [0.15, 0.2) is 12.1 Å². The predicted molar refractivity (Wildman–Crippen MR) is 65.5 cm³/mol. The van der Waals surface area contributed by atoms with Crippen LogP contribution in [-0.4, -0.2) is 29.8 Å². The third-order valence-electron chi connectivity index (χ3n) is 2.89. The van der Waals surface area contributed by atoms with Crippen molar-refractivity contribution in [3.63, 3.8) is 0 Å². The van der Waals surface area contributed by atoms with Gasteiger partial charge in [0.1, 0.15) is 0 Å². The highest BCUT2D eigenvalue weighted by Gasteiger charge is 2.27. The molecule has 0 radical (unpaired) electrons. The molecule has 16 heavy (non-hydrogen) atoms. The summed E-state index contributed by atoms with van der Waals surface area (Å²) in [5.41, 5.74) is 1.02. The summed E-state index contributed by atoms with van der Waals surface area (Å²) in [7, 11) is 2.09. The first kappa shape index (κ1) is 11.3. The number of hydrogen-bond acceptors (Lipinski definition) is 4. The van der Waals surface area contributed by atoms with E-state index in [1.54, 1.807) is 0 Å². The minimum absolute atomic E-state index is 0.693. The summed E-state index contributed by atoms with van der Waals surface area (Å²) < 4.78 is 0. The largest absolute Gasteiger partial charge is 0.355 e. The Morgan fingerprint density at radius 3 is 2.75 bits per heavy atom. The van der Waals surface area contributed by atoms with E-state index in [9.17, 15) is 0 Å². The molecule has 1 heterocycles. The molecule has 1 saturated carbocycles. The molecular formula is C12H20N4. The van der Waals surface area contributed by atoms with E-state index in [-0.39, 0.29) is 0 Å². The maximum atomic E-state index is 4.25. The summed E-state index contributed by atoms with van der Waals surface area (Å²) in [5.74, 6) is 0.988. The summed E-state index contributed by atoms with van der Waals surface area (Å²) in [5, 5.41) is 11.8. The van der Waals surface area contributed by atoms with E-state index < -0.39 is 0 Å². The van der Waals surface area contributed by atoms with Crippen molar-refractivity contribution < 1.29 is 0 Å². The van der Waals surface area contributed by atoms with Gasteiger partial charge in [0.05, 0.1) is 5.69 Å². The van der Waals surface area contributed by atoms with Gasteiger partial charge < -0.3 is 10.2 Å². The average Bonchev–Trinajstić information content (AvgIpc) is 3.13. The van der Waals surface area contributed by atoms with Crippen LogP contribution >= 0.6 is 0 Å². The molecule has 2 rings (SSSR count). The van der Waals surface area contributed by atoms with Crippen LogP contribution in [0.25, 0.3) is 0 Å². The van der Waals surface area contributed by atoms with E-state index in [1.165, 1.54) is 12.8 Å². The predicted octanol–water partition coefficient (Wildman–Crippen LogP) is 1.57. The normalized spacial score (nSPS) is 15.1. The first-order valence-corrected chi connectivity index (χ1v) is 6.07. The average molecular weight is 220 g/mol. The lowest BCUT2D eigenvalue weighted by Crippen LogP contribution is -2.21. The molecule has 1 fully saturated rings. The number of nitrogens with zero attached hydrogens (tertiary/aromatic N) is 3. The first-order chi connectivity index (χ1) is 7.81. The molecule has 1 N–H and O–H groups in total. The van der Waals surface area contributed by atoms with Crippen LogP contribution in [0.4, 0.5) is 5.82 Å². The van der Waals surface area contributed by atoms with Crippen molar-refractivity contribution in [1.29, 1.82) is 0 Å². The highest BCUT2D eigenvalue weighted by molar-refractivity contribution is 5.39. The second-order valence-electron chi connectivity index (χ2n) is 4.40. The molecular weight excluding hydrogens is 200 g/mol. The van der Waals surface area contributed by atoms with Gasteiger partial charge in [-0.05, 0) is 37.9 Å². The van der Waals surface area contributed by atoms with E-state index in [0.29, 0.717) is 6.04 Å². The molecule has 1 aromatic heterocycles. The van der Waals surface area contributed by atoms with E-state index >= 15 is 0 Å². The molecule has 0 atom stereocenters. The highest BCUT2D eigenvalue weighted by Crippen LogP contribution is 2.28. The number of rotatable bonds is 6. The molecule has 0 amide bonds. The summed E-state index contributed by atoms with van der Waals surface area (Å²) in [6.07, 6.45) is 3.73. The van der Waals surface area contributed by atoms with Crippen LogP contribution in [-0.2, 0) is 6.54 Å². The van der Waals surface area contributed by atoms with Gasteiger partial charge in [-0.3, -0.25) is 0 Å². The maximum absolute atomic E-state index is 4.25. The lowest BCUT2D eigenvalue weighted by atomic mass is 10.3. The highest BCUT2D eigenvalue weighted by atomic mass is 15.3. The molecule has 4 nitrogen and oxygen atoms in total. The fourth-order valence-electron chi connectivity index (χ4n) is 1.68. The van der Waals surface area contributed by atoms with E-state index in [0.717, 1.165) is 31.0 Å². The van der Waals surface area contributed by atoms with Gasteiger partial charge in [0.25, 0.3) is 0 Å². The van der Waals surface area contributed by atoms with E-state index in [4.69, 9.17) is 0 Å². The van der Waals surface area contributed by atoms with Crippen molar-refractivity contribution >= 4 is 5.82 Å². The van der Waals surface area contributed by atoms with Gasteiger partial charge in [-0.2, -0.15) is 5.10 Å². The van der Waals surface area contributed by atoms with Gasteiger partial charge in [-0.1, -0.05) is 6.92 Å². The van der Waals surface area contributed by atoms with Gasteiger partial charge in [-0.25, -0.2) is 0 Å². The maximum Gasteiger partial charge on any atom is 0.151 e. The Hall–Kier alpha value is -1.16. The zero-order valence-electron chi connectivity index (χ0n) is 10.1. The van der Waals surface area contributed by atoms with E-state index in [1.807, 2.05) is 0 Å². The Morgan fingerprint density at radius 2 is 2.19 bits per heavy atom. The fourth-order valence-corrected chi connectivity index (χ4v) is 1.68. The van der Waals surface area contributed by atoms with Crippen LogP contribution in [0.2, 0.25) is 0 Å². The van der Waals surface area contributed by atoms with Crippen LogP contribution in [0.5, 0.6) is 0 Å². The van der Waals surface area contributed by atoms with Crippen molar-refractivity contribution in [3.8, 4) is 0 Å². The van der Waals surface area contributed by atoms with Crippen molar-refractivity contribution in [2.24, 2.45) is 0 Å². The number of hydrogen-bond donors (Lipinski definition) is 1. The Balaban J connectivity index is 1.88. The molecule has 0 aliphatic heterocycles. The second kappa shape index (κ2) is 5.25. The Morgan fingerprint density at radius 1 is 1.38 bits per heavy atom. The molecule has 0 aromatic carbocycles. The standard InChI is InChI=1S/C12H20N4/c1-3-8-13-9-10-4-7-12(15-14-10)16(2)11-5-6-11/h4,7,11,13H,3,5-6,8-9H2,1-2H3. The molecule has 0 saturated heterocycles. The minimum Gasteiger partial charge on any atom is -0.355 e. The van der Waals surface area contributed by atoms with Gasteiger partial charge in [0, 0.05) is 19.6 Å². The summed E-state index contributed by atoms with van der Waals surface area (Å²) in [6, 6.07) is 4.82. The smallest absolute Gasteiger partial charge is 0.151 e. The lowest BCUT2D eigenvalue weighted by molar-refractivity contribution is 0.656. The molecule has 4 heteroatoms. The van der Waals surface area contributed by atoms with Crippen LogP contribution in [0.1, 0.15) is 31.9 Å². The van der Waals surface area contributed by atoms with Crippen molar-refractivity contribution in [3.05, 3.63) is 17.8 Å². The van der Waals surface area contributed by atoms with Crippen molar-refractivity contribution in [2.75, 3.05) is 18.5 Å². The summed E-state index contributed by atoms with van der Waals surface area (Å²) in [4.78, 5) is 2.22. The Bertz CT molecular complexity index is 318. The lowest BCUT2D eigenvalue weighted by Gasteiger charge is -2.16. The minimum atomic E-state index is 0.693. The van der Waals surface area contributed by atoms with Crippen LogP contribution in [0.3, 0.4) is 0 Å². The van der Waals surface area contributed by atoms with Crippen molar-refractivity contribution in [1.82, 2.24) is 15.5 Å². The molecule has 1 aromatic rings. The fraction of sp³-hybridized carbons (Fsp3) is 0.667. The third-order valence-corrected chi connectivity index (χ3v) is 2.89. The summed E-state index contributed by atoms with van der Waals surface area (Å²) in [6.45, 7) is 4.01. The Kier molecular flexibility index (Phi) is 3.72. The van der Waals surface area contributed by atoms with Gasteiger partial charge >= 0.3 is 0 Å². The van der Waals surface area contributed by atoms with Crippen LogP contribution in [0, 0.1) is 0 Å². The molecule has 0 bridgehead atoms. The topological polar surface area (TPSA) is 41.0 Å². The molecule has 0 unspecified atom stereocenters. The summed E-state index contributed by atoms with van der Waals surface area (Å²) >= 11 is 0. The van der Waals surface area contributed by atoms with Gasteiger partial charge in [-0.15, -0.1) is 5.10 Å². The molecule has 1 aliphatic carbocycles.